The van der Waals surface area contributed by atoms with Crippen LogP contribution in [0.25, 0.3) is 11.0 Å². The molecular weight excluding hydrogens is 281 g/mol. The minimum Gasteiger partial charge on any atom is -0.292 e. The molecule has 0 N–H and O–H groups in total. The lowest BCUT2D eigenvalue weighted by Crippen LogP contribution is -2.22. The van der Waals surface area contributed by atoms with Crippen molar-refractivity contribution >= 4 is 11.0 Å². The van der Waals surface area contributed by atoms with Crippen LogP contribution in [0.4, 0.5) is 4.39 Å². The van der Waals surface area contributed by atoms with Gasteiger partial charge in [0.1, 0.15) is 16.9 Å². The Morgan fingerprint density at radius 3 is 2.77 bits per heavy atom. The highest BCUT2D eigenvalue weighted by atomic mass is 19.1. The summed E-state index contributed by atoms with van der Waals surface area (Å²) in [5.41, 5.74) is 3.94. The molecule has 0 amide bonds. The molecular formula is C17H16FN3O. The van der Waals surface area contributed by atoms with E-state index >= 15 is 0 Å². The zero-order chi connectivity index (χ0) is 14.9. The minimum absolute atomic E-state index is 0.183. The van der Waals surface area contributed by atoms with Crippen molar-refractivity contribution < 1.29 is 9.02 Å². The monoisotopic (exact) mass is 297 g/mol. The van der Waals surface area contributed by atoms with Gasteiger partial charge in [-0.1, -0.05) is 18.2 Å². The summed E-state index contributed by atoms with van der Waals surface area (Å²) in [6, 6.07) is 13.2. The smallest absolute Gasteiger partial charge is 0.135 e. The first-order chi connectivity index (χ1) is 10.8. The van der Waals surface area contributed by atoms with Gasteiger partial charge in [-0.05, 0) is 65.1 Å². The van der Waals surface area contributed by atoms with Gasteiger partial charge >= 0.3 is 0 Å². The molecule has 2 heterocycles. The van der Waals surface area contributed by atoms with Crippen molar-refractivity contribution in [3.8, 4) is 0 Å². The van der Waals surface area contributed by atoms with E-state index in [1.807, 2.05) is 24.3 Å². The Morgan fingerprint density at radius 2 is 1.91 bits per heavy atom. The van der Waals surface area contributed by atoms with Crippen LogP contribution in [0.3, 0.4) is 0 Å². The fraction of sp³-hybridized carbons (Fsp3) is 0.294. The highest BCUT2D eigenvalue weighted by Gasteiger charge is 2.26. The van der Waals surface area contributed by atoms with Gasteiger partial charge in [0, 0.05) is 12.6 Å². The van der Waals surface area contributed by atoms with Gasteiger partial charge in [-0.2, -0.15) is 0 Å². The van der Waals surface area contributed by atoms with Gasteiger partial charge < -0.3 is 0 Å². The van der Waals surface area contributed by atoms with Gasteiger partial charge in [0.15, 0.2) is 0 Å². The summed E-state index contributed by atoms with van der Waals surface area (Å²) in [6.07, 6.45) is 2.27. The lowest BCUT2D eigenvalue weighted by atomic mass is 10.0. The summed E-state index contributed by atoms with van der Waals surface area (Å²) < 4.78 is 17.8. The predicted molar refractivity (Wildman–Crippen MR) is 80.6 cm³/mol. The fourth-order valence-corrected chi connectivity index (χ4v) is 3.24. The van der Waals surface area contributed by atoms with Gasteiger partial charge in [-0.25, -0.2) is 9.02 Å². The lowest BCUT2D eigenvalue weighted by molar-refractivity contribution is 0.248. The van der Waals surface area contributed by atoms with Crippen molar-refractivity contribution in [2.24, 2.45) is 0 Å². The molecule has 112 valence electrons. The molecule has 1 atom stereocenters. The molecule has 5 heteroatoms. The molecule has 2 aromatic carbocycles. The molecule has 0 aliphatic carbocycles. The summed E-state index contributed by atoms with van der Waals surface area (Å²) in [7, 11) is 0. The van der Waals surface area contributed by atoms with Gasteiger partial charge in [0.2, 0.25) is 0 Å². The molecule has 1 aromatic heterocycles. The number of rotatable bonds is 3. The lowest BCUT2D eigenvalue weighted by Gasteiger charge is -2.25. The van der Waals surface area contributed by atoms with Crippen LogP contribution in [-0.4, -0.2) is 21.8 Å². The summed E-state index contributed by atoms with van der Waals surface area (Å²) >= 11 is 0. The highest BCUT2D eigenvalue weighted by Crippen LogP contribution is 2.33. The number of halogens is 1. The Hall–Kier alpha value is -2.27. The largest absolute Gasteiger partial charge is 0.292 e. The first kappa shape index (κ1) is 13.4. The SMILES string of the molecule is Fc1ccc(C2CCCN2Cc2ccc3nonc3c2)cc1. The minimum atomic E-state index is -0.183. The molecule has 1 aliphatic heterocycles. The zero-order valence-electron chi connectivity index (χ0n) is 12.1. The molecule has 1 saturated heterocycles. The Labute approximate surface area is 127 Å². The number of likely N-dealkylation sites (tertiary alicyclic amines) is 1. The number of hydrogen-bond donors (Lipinski definition) is 0. The summed E-state index contributed by atoms with van der Waals surface area (Å²) in [5.74, 6) is -0.183. The average molecular weight is 297 g/mol. The van der Waals surface area contributed by atoms with Crippen LogP contribution >= 0.6 is 0 Å². The molecule has 1 aliphatic rings. The van der Waals surface area contributed by atoms with Crippen LogP contribution in [-0.2, 0) is 6.54 Å². The van der Waals surface area contributed by atoms with Crippen molar-refractivity contribution in [1.29, 1.82) is 0 Å². The topological polar surface area (TPSA) is 42.2 Å². The Balaban J connectivity index is 1.56. The maximum Gasteiger partial charge on any atom is 0.135 e. The van der Waals surface area contributed by atoms with Gasteiger partial charge in [-0.3, -0.25) is 4.90 Å². The van der Waals surface area contributed by atoms with Crippen molar-refractivity contribution in [3.63, 3.8) is 0 Å². The van der Waals surface area contributed by atoms with E-state index in [4.69, 9.17) is 4.63 Å². The Bertz CT molecular complexity index is 784. The summed E-state index contributed by atoms with van der Waals surface area (Å²) in [6.45, 7) is 1.90. The first-order valence-corrected chi connectivity index (χ1v) is 7.50. The number of hydrogen-bond acceptors (Lipinski definition) is 4. The second kappa shape index (κ2) is 5.50. The van der Waals surface area contributed by atoms with E-state index in [0.29, 0.717) is 6.04 Å². The van der Waals surface area contributed by atoms with Gasteiger partial charge in [0.05, 0.1) is 0 Å². The number of fused-ring (bicyclic) bond motifs is 1. The van der Waals surface area contributed by atoms with Gasteiger partial charge in [0.25, 0.3) is 0 Å². The average Bonchev–Trinajstić information content (AvgIpc) is 3.17. The van der Waals surface area contributed by atoms with E-state index in [1.54, 1.807) is 12.1 Å². The molecule has 0 spiro atoms. The van der Waals surface area contributed by atoms with Crippen LogP contribution in [0.2, 0.25) is 0 Å². The molecule has 22 heavy (non-hydrogen) atoms. The van der Waals surface area contributed by atoms with Gasteiger partial charge in [-0.15, -0.1) is 0 Å². The van der Waals surface area contributed by atoms with Crippen LogP contribution in [0.5, 0.6) is 0 Å². The standard InChI is InChI=1S/C17H16FN3O/c18-14-6-4-13(5-7-14)17-2-1-9-21(17)11-12-3-8-15-16(10-12)20-22-19-15/h3-8,10,17H,1-2,9,11H2. The number of benzene rings is 2. The summed E-state index contributed by atoms with van der Waals surface area (Å²) in [5, 5.41) is 7.72. The normalized spacial score (nSPS) is 19.0. The van der Waals surface area contributed by atoms with E-state index in [9.17, 15) is 4.39 Å². The molecule has 4 nitrogen and oxygen atoms in total. The molecule has 1 fully saturated rings. The predicted octanol–water partition coefficient (Wildman–Crippen LogP) is 3.70. The van der Waals surface area contributed by atoms with Crippen molar-refractivity contribution in [2.75, 3.05) is 6.54 Å². The van der Waals surface area contributed by atoms with E-state index < -0.39 is 0 Å². The number of aromatic nitrogens is 2. The molecule has 0 radical (unpaired) electrons. The molecule has 4 rings (SSSR count). The van der Waals surface area contributed by atoms with Crippen LogP contribution < -0.4 is 0 Å². The highest BCUT2D eigenvalue weighted by molar-refractivity contribution is 5.73. The Kier molecular flexibility index (Phi) is 3.35. The van der Waals surface area contributed by atoms with E-state index in [-0.39, 0.29) is 5.82 Å². The Morgan fingerprint density at radius 1 is 1.09 bits per heavy atom. The second-order valence-corrected chi connectivity index (χ2v) is 5.77. The van der Waals surface area contributed by atoms with E-state index in [2.05, 4.69) is 21.3 Å². The third-order valence-electron chi connectivity index (χ3n) is 4.32. The quantitative estimate of drug-likeness (QED) is 0.739. The van der Waals surface area contributed by atoms with Crippen molar-refractivity contribution in [2.45, 2.75) is 25.4 Å². The van der Waals surface area contributed by atoms with E-state index in [0.717, 1.165) is 37.0 Å². The maximum absolute atomic E-state index is 13.1. The van der Waals surface area contributed by atoms with Crippen LogP contribution in [0.15, 0.2) is 47.1 Å². The molecule has 0 saturated carbocycles. The van der Waals surface area contributed by atoms with E-state index in [1.165, 1.54) is 11.1 Å². The van der Waals surface area contributed by atoms with Crippen molar-refractivity contribution in [1.82, 2.24) is 15.2 Å². The second-order valence-electron chi connectivity index (χ2n) is 5.77. The molecule has 1 unspecified atom stereocenters. The van der Waals surface area contributed by atoms with Crippen LogP contribution in [0.1, 0.15) is 30.0 Å². The van der Waals surface area contributed by atoms with Crippen LogP contribution in [0, 0.1) is 5.82 Å². The maximum atomic E-state index is 13.1. The third-order valence-corrected chi connectivity index (χ3v) is 4.32. The fourth-order valence-electron chi connectivity index (χ4n) is 3.24. The summed E-state index contributed by atoms with van der Waals surface area (Å²) in [4.78, 5) is 2.43. The van der Waals surface area contributed by atoms with Crippen molar-refractivity contribution in [3.05, 3.63) is 59.4 Å². The first-order valence-electron chi connectivity index (χ1n) is 7.50. The molecule has 3 aromatic rings. The zero-order valence-corrected chi connectivity index (χ0v) is 12.1. The number of nitrogens with zero attached hydrogens (tertiary/aromatic N) is 3. The molecule has 0 bridgehead atoms. The third kappa shape index (κ3) is 2.48.